The molecule has 0 saturated heterocycles. The van der Waals surface area contributed by atoms with Crippen LogP contribution in [0, 0.1) is 11.3 Å². The summed E-state index contributed by atoms with van der Waals surface area (Å²) in [6.45, 7) is 2.77. The monoisotopic (exact) mass is 248 g/mol. The fourth-order valence-electron chi connectivity index (χ4n) is 2.46. The van der Waals surface area contributed by atoms with E-state index in [1.54, 1.807) is 7.11 Å². The van der Waals surface area contributed by atoms with E-state index in [9.17, 15) is 0 Å². The van der Waals surface area contributed by atoms with Gasteiger partial charge in [0.25, 0.3) is 0 Å². The molecule has 0 aliphatic heterocycles. The van der Waals surface area contributed by atoms with Gasteiger partial charge in [0.05, 0.1) is 30.8 Å². The first-order chi connectivity index (χ1) is 8.81. The molecule has 1 aliphatic carbocycles. The van der Waals surface area contributed by atoms with Crippen LogP contribution in [0.3, 0.4) is 0 Å². The second-order valence-corrected chi connectivity index (χ2v) is 4.85. The van der Waals surface area contributed by atoms with Gasteiger partial charge in [0.15, 0.2) is 0 Å². The van der Waals surface area contributed by atoms with Crippen molar-refractivity contribution in [3.8, 4) is 6.07 Å². The van der Waals surface area contributed by atoms with E-state index >= 15 is 0 Å². The standard InChI is InChI=1S/C13H20N4O/c1-3-11(9-18-2)17-13(10-5-4-6-10)12(7-8-14)15-16-17/h10-11H,3-7,9H2,1-2H3. The number of methoxy groups -OCH3 is 1. The highest BCUT2D eigenvalue weighted by Crippen LogP contribution is 2.38. The van der Waals surface area contributed by atoms with E-state index in [2.05, 4.69) is 23.3 Å². The van der Waals surface area contributed by atoms with Crippen molar-refractivity contribution in [2.75, 3.05) is 13.7 Å². The summed E-state index contributed by atoms with van der Waals surface area (Å²) in [4.78, 5) is 0. The third-order valence-corrected chi connectivity index (χ3v) is 3.72. The molecule has 0 aromatic carbocycles. The molecule has 0 radical (unpaired) electrons. The maximum Gasteiger partial charge on any atom is 0.100 e. The van der Waals surface area contributed by atoms with Crippen LogP contribution in [-0.4, -0.2) is 28.7 Å². The lowest BCUT2D eigenvalue weighted by Crippen LogP contribution is -2.22. The topological polar surface area (TPSA) is 63.7 Å². The molecule has 0 N–H and O–H groups in total. The predicted octanol–water partition coefficient (Wildman–Crippen LogP) is 2.21. The smallest absolute Gasteiger partial charge is 0.100 e. The molecule has 0 spiro atoms. The Morgan fingerprint density at radius 3 is 2.83 bits per heavy atom. The molecule has 0 bridgehead atoms. The first-order valence-corrected chi connectivity index (χ1v) is 6.61. The molecule has 1 aromatic rings. The second-order valence-electron chi connectivity index (χ2n) is 4.85. The minimum Gasteiger partial charge on any atom is -0.382 e. The normalized spacial score (nSPS) is 17.2. The number of hydrogen-bond donors (Lipinski definition) is 0. The number of aromatic nitrogens is 3. The van der Waals surface area contributed by atoms with Gasteiger partial charge in [-0.25, -0.2) is 4.68 Å². The summed E-state index contributed by atoms with van der Waals surface area (Å²) in [5.41, 5.74) is 2.03. The summed E-state index contributed by atoms with van der Waals surface area (Å²) in [6.07, 6.45) is 4.96. The Morgan fingerprint density at radius 1 is 1.56 bits per heavy atom. The Labute approximate surface area is 108 Å². The van der Waals surface area contributed by atoms with Crippen molar-refractivity contribution >= 4 is 0 Å². The molecule has 5 nitrogen and oxygen atoms in total. The highest BCUT2D eigenvalue weighted by Gasteiger charge is 2.29. The molecule has 98 valence electrons. The van der Waals surface area contributed by atoms with Gasteiger partial charge in [-0.05, 0) is 19.3 Å². The summed E-state index contributed by atoms with van der Waals surface area (Å²) < 4.78 is 7.25. The van der Waals surface area contributed by atoms with Gasteiger partial charge < -0.3 is 4.74 Å². The van der Waals surface area contributed by atoms with Crippen LogP contribution in [0.2, 0.25) is 0 Å². The molecule has 1 unspecified atom stereocenters. The van der Waals surface area contributed by atoms with E-state index in [4.69, 9.17) is 10.00 Å². The van der Waals surface area contributed by atoms with E-state index < -0.39 is 0 Å². The molecule has 2 rings (SSSR count). The maximum absolute atomic E-state index is 8.87. The Morgan fingerprint density at radius 2 is 2.33 bits per heavy atom. The van der Waals surface area contributed by atoms with Crippen LogP contribution in [-0.2, 0) is 11.2 Å². The van der Waals surface area contributed by atoms with Gasteiger partial charge in [-0.15, -0.1) is 5.10 Å². The molecule has 0 amide bonds. The largest absolute Gasteiger partial charge is 0.382 e. The highest BCUT2D eigenvalue weighted by molar-refractivity contribution is 5.21. The SMILES string of the molecule is CCC(COC)n1nnc(CC#N)c1C1CCC1. The van der Waals surface area contributed by atoms with Crippen LogP contribution in [0.25, 0.3) is 0 Å². The Hall–Kier alpha value is -1.41. The van der Waals surface area contributed by atoms with E-state index in [1.165, 1.54) is 25.0 Å². The lowest BCUT2D eigenvalue weighted by Gasteiger charge is -2.28. The lowest BCUT2D eigenvalue weighted by molar-refractivity contribution is 0.143. The average Bonchev–Trinajstić information content (AvgIpc) is 2.69. The molecule has 1 saturated carbocycles. The summed E-state index contributed by atoms with van der Waals surface area (Å²) in [5.74, 6) is 0.536. The van der Waals surface area contributed by atoms with Crippen molar-refractivity contribution in [1.29, 1.82) is 5.26 Å². The van der Waals surface area contributed by atoms with E-state index in [0.29, 0.717) is 18.9 Å². The number of rotatable bonds is 6. The Kier molecular flexibility index (Phi) is 4.32. The minimum absolute atomic E-state index is 0.227. The third-order valence-electron chi connectivity index (χ3n) is 3.72. The number of nitriles is 1. The molecule has 1 aliphatic rings. The number of hydrogen-bond acceptors (Lipinski definition) is 4. The van der Waals surface area contributed by atoms with Gasteiger partial charge in [0.2, 0.25) is 0 Å². The number of ether oxygens (including phenoxy) is 1. The van der Waals surface area contributed by atoms with E-state index in [1.807, 2.05) is 4.68 Å². The quantitative estimate of drug-likeness (QED) is 0.774. The molecular weight excluding hydrogens is 228 g/mol. The third kappa shape index (κ3) is 2.39. The summed E-state index contributed by atoms with van der Waals surface area (Å²) in [7, 11) is 1.71. The maximum atomic E-state index is 8.87. The summed E-state index contributed by atoms with van der Waals surface area (Å²) in [6, 6.07) is 2.41. The van der Waals surface area contributed by atoms with Crippen LogP contribution in [0.5, 0.6) is 0 Å². The van der Waals surface area contributed by atoms with Crippen molar-refractivity contribution < 1.29 is 4.74 Å². The molecule has 1 fully saturated rings. The van der Waals surface area contributed by atoms with E-state index in [-0.39, 0.29) is 6.04 Å². The molecular formula is C13H20N4O. The molecule has 18 heavy (non-hydrogen) atoms. The lowest BCUT2D eigenvalue weighted by atomic mass is 9.81. The van der Waals surface area contributed by atoms with Crippen LogP contribution in [0.1, 0.15) is 56.0 Å². The molecule has 1 aromatic heterocycles. The van der Waals surface area contributed by atoms with Crippen molar-refractivity contribution in [2.24, 2.45) is 0 Å². The van der Waals surface area contributed by atoms with Crippen LogP contribution in [0.4, 0.5) is 0 Å². The van der Waals surface area contributed by atoms with Gasteiger partial charge >= 0.3 is 0 Å². The van der Waals surface area contributed by atoms with Gasteiger partial charge in [-0.3, -0.25) is 0 Å². The van der Waals surface area contributed by atoms with Gasteiger partial charge in [0.1, 0.15) is 5.69 Å². The van der Waals surface area contributed by atoms with Crippen molar-refractivity contribution in [3.05, 3.63) is 11.4 Å². The summed E-state index contributed by atoms with van der Waals surface area (Å²) >= 11 is 0. The van der Waals surface area contributed by atoms with Crippen LogP contribution < -0.4 is 0 Å². The zero-order valence-electron chi connectivity index (χ0n) is 11.1. The van der Waals surface area contributed by atoms with E-state index in [0.717, 1.165) is 12.1 Å². The van der Waals surface area contributed by atoms with Gasteiger partial charge in [-0.1, -0.05) is 18.6 Å². The zero-order chi connectivity index (χ0) is 13.0. The first-order valence-electron chi connectivity index (χ1n) is 6.61. The Bertz CT molecular complexity index is 431. The first kappa shape index (κ1) is 13.0. The molecule has 5 heteroatoms. The average molecular weight is 248 g/mol. The van der Waals surface area contributed by atoms with Crippen molar-refractivity contribution in [3.63, 3.8) is 0 Å². The predicted molar refractivity (Wildman–Crippen MR) is 67.1 cm³/mol. The summed E-state index contributed by atoms with van der Waals surface area (Å²) in [5, 5.41) is 17.3. The van der Waals surface area contributed by atoms with Crippen LogP contribution >= 0.6 is 0 Å². The van der Waals surface area contributed by atoms with Crippen LogP contribution in [0.15, 0.2) is 0 Å². The van der Waals surface area contributed by atoms with Crippen molar-refractivity contribution in [2.45, 2.75) is 51.0 Å². The fourth-order valence-corrected chi connectivity index (χ4v) is 2.46. The van der Waals surface area contributed by atoms with Gasteiger partial charge in [-0.2, -0.15) is 5.26 Å². The number of nitrogens with zero attached hydrogens (tertiary/aromatic N) is 4. The minimum atomic E-state index is 0.227. The second kappa shape index (κ2) is 5.96. The fraction of sp³-hybridized carbons (Fsp3) is 0.769. The molecule has 1 atom stereocenters. The molecule has 1 heterocycles. The Balaban J connectivity index is 2.30. The van der Waals surface area contributed by atoms with Crippen molar-refractivity contribution in [1.82, 2.24) is 15.0 Å². The highest BCUT2D eigenvalue weighted by atomic mass is 16.5. The van der Waals surface area contributed by atoms with Gasteiger partial charge in [0, 0.05) is 13.0 Å². The zero-order valence-corrected chi connectivity index (χ0v) is 11.1.